The highest BCUT2D eigenvalue weighted by molar-refractivity contribution is 7.80. The molecule has 0 saturated carbocycles. The summed E-state index contributed by atoms with van der Waals surface area (Å²) in [7, 11) is 0. The monoisotopic (exact) mass is 178 g/mol. The second kappa shape index (κ2) is 3.97. The van der Waals surface area contributed by atoms with Gasteiger partial charge in [0, 0.05) is 16.8 Å². The maximum atomic E-state index is 6.83. The summed E-state index contributed by atoms with van der Waals surface area (Å²) >= 11 is 4.15. The molecule has 0 aromatic heterocycles. The number of hydrogen-bond acceptors (Lipinski definition) is 3. The molecule has 0 fully saturated rings. The molecule has 0 radical (unpaired) electrons. The van der Waals surface area contributed by atoms with Gasteiger partial charge in [-0.25, -0.2) is 0 Å². The highest BCUT2D eigenvalue weighted by Crippen LogP contribution is 2.11. The predicted molar refractivity (Wildman–Crippen MR) is 54.6 cm³/mol. The molecule has 0 aliphatic heterocycles. The second-order valence-corrected chi connectivity index (χ2v) is 2.85. The smallest absolute Gasteiger partial charge is 0.0402 e. The van der Waals surface area contributed by atoms with E-state index in [1.165, 1.54) is 6.21 Å². The van der Waals surface area contributed by atoms with Crippen molar-refractivity contribution in [2.45, 2.75) is 4.90 Å². The number of benzene rings is 1. The molecule has 1 rings (SSSR count). The van der Waals surface area contributed by atoms with Gasteiger partial charge in [-0.1, -0.05) is 12.1 Å². The first-order valence-electron chi connectivity index (χ1n) is 3.49. The summed E-state index contributed by atoms with van der Waals surface area (Å²) in [5.41, 5.74) is 7.15. The fourth-order valence-electron chi connectivity index (χ4n) is 0.840. The largest absolute Gasteiger partial charge is 0.398 e. The van der Waals surface area contributed by atoms with Gasteiger partial charge in [-0.15, -0.1) is 12.6 Å². The van der Waals surface area contributed by atoms with Crippen LogP contribution < -0.4 is 5.73 Å². The summed E-state index contributed by atoms with van der Waals surface area (Å²) in [5.74, 6) is 0. The number of thiol groups is 1. The van der Waals surface area contributed by atoms with E-state index >= 15 is 0 Å². The normalized spacial score (nSPS) is 11.2. The van der Waals surface area contributed by atoms with Crippen LogP contribution in [-0.2, 0) is 0 Å². The Bertz CT molecular complexity index is 301. The van der Waals surface area contributed by atoms with Crippen molar-refractivity contribution in [3.63, 3.8) is 0 Å². The van der Waals surface area contributed by atoms with E-state index in [-0.39, 0.29) is 0 Å². The number of nitrogens with one attached hydrogen (secondary N) is 1. The van der Waals surface area contributed by atoms with E-state index < -0.39 is 0 Å². The zero-order chi connectivity index (χ0) is 8.97. The zero-order valence-electron chi connectivity index (χ0n) is 6.49. The van der Waals surface area contributed by atoms with E-state index in [2.05, 4.69) is 12.6 Å². The van der Waals surface area contributed by atoms with E-state index in [0.29, 0.717) is 5.70 Å². The van der Waals surface area contributed by atoms with Crippen LogP contribution in [0.2, 0.25) is 0 Å². The van der Waals surface area contributed by atoms with Crippen LogP contribution in [-0.4, -0.2) is 6.21 Å². The summed E-state index contributed by atoms with van der Waals surface area (Å²) in [6.45, 7) is 0. The maximum absolute atomic E-state index is 6.83. The maximum Gasteiger partial charge on any atom is 0.0402 e. The lowest BCUT2D eigenvalue weighted by atomic mass is 10.1. The Morgan fingerprint density at radius 2 is 1.92 bits per heavy atom. The van der Waals surface area contributed by atoms with Crippen LogP contribution in [0.4, 0.5) is 0 Å². The molecule has 62 valence electrons. The van der Waals surface area contributed by atoms with Crippen LogP contribution in [0.15, 0.2) is 35.2 Å². The van der Waals surface area contributed by atoms with Crippen molar-refractivity contribution >= 4 is 24.5 Å². The lowest BCUT2D eigenvalue weighted by Crippen LogP contribution is -1.95. The first-order chi connectivity index (χ1) is 5.74. The van der Waals surface area contributed by atoms with Crippen LogP contribution in [0.3, 0.4) is 0 Å². The quantitative estimate of drug-likeness (QED) is 0.470. The number of hydrogen-bond donors (Lipinski definition) is 3. The van der Waals surface area contributed by atoms with Gasteiger partial charge in [0.05, 0.1) is 0 Å². The first-order valence-corrected chi connectivity index (χ1v) is 3.94. The Morgan fingerprint density at radius 3 is 2.42 bits per heavy atom. The van der Waals surface area contributed by atoms with Gasteiger partial charge in [-0.2, -0.15) is 0 Å². The summed E-state index contributed by atoms with van der Waals surface area (Å²) < 4.78 is 0. The van der Waals surface area contributed by atoms with Crippen molar-refractivity contribution in [2.75, 3.05) is 0 Å². The third kappa shape index (κ3) is 2.13. The zero-order valence-corrected chi connectivity index (χ0v) is 7.38. The molecule has 3 heteroatoms. The highest BCUT2D eigenvalue weighted by atomic mass is 32.1. The van der Waals surface area contributed by atoms with Crippen molar-refractivity contribution in [3.05, 3.63) is 35.9 Å². The van der Waals surface area contributed by atoms with Crippen LogP contribution in [0.1, 0.15) is 5.56 Å². The summed E-state index contributed by atoms with van der Waals surface area (Å²) in [6, 6.07) is 7.47. The predicted octanol–water partition coefficient (Wildman–Crippen LogP) is 1.92. The van der Waals surface area contributed by atoms with Gasteiger partial charge in [0.1, 0.15) is 0 Å². The van der Waals surface area contributed by atoms with Gasteiger partial charge in [-0.05, 0) is 23.8 Å². The number of rotatable bonds is 2. The Hall–Kier alpha value is -1.22. The van der Waals surface area contributed by atoms with E-state index in [4.69, 9.17) is 11.1 Å². The van der Waals surface area contributed by atoms with Gasteiger partial charge in [0.15, 0.2) is 0 Å². The molecule has 1 aromatic rings. The molecule has 2 nitrogen and oxygen atoms in total. The SMILES string of the molecule is N=CC=C(N)c1ccc(S)cc1. The van der Waals surface area contributed by atoms with Gasteiger partial charge < -0.3 is 11.1 Å². The molecule has 1 aromatic carbocycles. The average Bonchev–Trinajstić information content (AvgIpc) is 2.06. The minimum atomic E-state index is 0.596. The molecule has 0 spiro atoms. The molecule has 0 amide bonds. The molecule has 0 saturated heterocycles. The minimum Gasteiger partial charge on any atom is -0.398 e. The fraction of sp³-hybridized carbons (Fsp3) is 0. The molecule has 12 heavy (non-hydrogen) atoms. The van der Waals surface area contributed by atoms with Crippen LogP contribution in [0, 0.1) is 5.41 Å². The lowest BCUT2D eigenvalue weighted by molar-refractivity contribution is 1.42. The molecule has 0 atom stereocenters. The fourth-order valence-corrected chi connectivity index (χ4v) is 0.989. The van der Waals surface area contributed by atoms with Crippen molar-refractivity contribution < 1.29 is 0 Å². The van der Waals surface area contributed by atoms with Gasteiger partial charge in [0.2, 0.25) is 0 Å². The summed E-state index contributed by atoms with van der Waals surface area (Å²) in [5, 5.41) is 6.83. The molecular weight excluding hydrogens is 168 g/mol. The average molecular weight is 178 g/mol. The Kier molecular flexibility index (Phi) is 2.94. The molecule has 0 heterocycles. The van der Waals surface area contributed by atoms with Gasteiger partial charge in [0.25, 0.3) is 0 Å². The third-order valence-electron chi connectivity index (χ3n) is 1.46. The van der Waals surface area contributed by atoms with Crippen molar-refractivity contribution in [2.24, 2.45) is 5.73 Å². The van der Waals surface area contributed by atoms with E-state index in [1.807, 2.05) is 24.3 Å². The van der Waals surface area contributed by atoms with Crippen LogP contribution >= 0.6 is 12.6 Å². The third-order valence-corrected chi connectivity index (χ3v) is 1.76. The summed E-state index contributed by atoms with van der Waals surface area (Å²) in [4.78, 5) is 0.904. The van der Waals surface area contributed by atoms with Gasteiger partial charge in [-0.3, -0.25) is 0 Å². The molecule has 3 N–H and O–H groups in total. The molecule has 0 bridgehead atoms. The van der Waals surface area contributed by atoms with Crippen molar-refractivity contribution in [3.8, 4) is 0 Å². The van der Waals surface area contributed by atoms with Crippen molar-refractivity contribution in [1.29, 1.82) is 5.41 Å². The topological polar surface area (TPSA) is 49.9 Å². The molecule has 0 aliphatic carbocycles. The van der Waals surface area contributed by atoms with Gasteiger partial charge >= 0.3 is 0 Å². The number of allylic oxidation sites excluding steroid dienone is 1. The second-order valence-electron chi connectivity index (χ2n) is 2.34. The van der Waals surface area contributed by atoms with E-state index in [0.717, 1.165) is 10.5 Å². The Morgan fingerprint density at radius 1 is 1.33 bits per heavy atom. The Balaban J connectivity index is 2.97. The standard InChI is InChI=1S/C9H10N2S/c10-6-5-9(11)7-1-3-8(12)4-2-7/h1-6,10,12H,11H2. The highest BCUT2D eigenvalue weighted by Gasteiger charge is 1.93. The molecular formula is C9H10N2S. The first kappa shape index (κ1) is 8.87. The summed E-state index contributed by atoms with van der Waals surface area (Å²) in [6.07, 6.45) is 2.72. The molecule has 0 unspecified atom stereocenters. The minimum absolute atomic E-state index is 0.596. The molecule has 0 aliphatic rings. The lowest BCUT2D eigenvalue weighted by Gasteiger charge is -1.99. The number of nitrogens with two attached hydrogens (primary N) is 1. The van der Waals surface area contributed by atoms with Crippen LogP contribution in [0.25, 0.3) is 5.70 Å². The van der Waals surface area contributed by atoms with E-state index in [1.54, 1.807) is 6.08 Å². The van der Waals surface area contributed by atoms with E-state index in [9.17, 15) is 0 Å². The van der Waals surface area contributed by atoms with Crippen molar-refractivity contribution in [1.82, 2.24) is 0 Å². The Labute approximate surface area is 77.0 Å². The van der Waals surface area contributed by atoms with Crippen LogP contribution in [0.5, 0.6) is 0 Å².